The van der Waals surface area contributed by atoms with Crippen molar-refractivity contribution in [3.8, 4) is 0 Å². The summed E-state index contributed by atoms with van der Waals surface area (Å²) in [5.41, 5.74) is 0.440. The molecule has 1 N–H and O–H groups in total. The number of benzene rings is 3. The van der Waals surface area contributed by atoms with E-state index in [2.05, 4.69) is 0 Å². The Hall–Kier alpha value is -2.92. The van der Waals surface area contributed by atoms with E-state index in [0.29, 0.717) is 5.56 Å². The average Bonchev–Trinajstić information content (AvgIpc) is 2.69. The standard InChI is InChI=1S/C22H22O5/c1-14(2)21(24)26-12-16(23)13-27-22(25)20-11-15-7-3-4-8-17(15)18-9-5-6-10-19(18)20/h3-11,14,16,23H,12-13H2,1-2H3. The third kappa shape index (κ3) is 4.26. The maximum absolute atomic E-state index is 12.6. The largest absolute Gasteiger partial charge is 0.463 e. The summed E-state index contributed by atoms with van der Waals surface area (Å²) >= 11 is 0. The van der Waals surface area contributed by atoms with E-state index in [4.69, 9.17) is 9.47 Å². The number of carbonyl (C=O) groups is 2. The van der Waals surface area contributed by atoms with Gasteiger partial charge in [-0.3, -0.25) is 4.79 Å². The lowest BCUT2D eigenvalue weighted by Crippen LogP contribution is -2.26. The quantitative estimate of drug-likeness (QED) is 0.532. The summed E-state index contributed by atoms with van der Waals surface area (Å²) in [4.78, 5) is 24.0. The molecule has 3 rings (SSSR count). The molecular formula is C22H22O5. The van der Waals surface area contributed by atoms with E-state index in [1.807, 2.05) is 48.5 Å². The lowest BCUT2D eigenvalue weighted by Gasteiger charge is -2.14. The molecule has 0 radical (unpaired) electrons. The fourth-order valence-corrected chi connectivity index (χ4v) is 2.87. The average molecular weight is 366 g/mol. The lowest BCUT2D eigenvalue weighted by atomic mass is 9.97. The van der Waals surface area contributed by atoms with E-state index in [1.165, 1.54) is 0 Å². The number of fused-ring (bicyclic) bond motifs is 3. The highest BCUT2D eigenvalue weighted by Gasteiger charge is 2.17. The summed E-state index contributed by atoms with van der Waals surface area (Å²) in [5, 5.41) is 13.7. The third-order valence-corrected chi connectivity index (χ3v) is 4.28. The molecule has 1 atom stereocenters. The van der Waals surface area contributed by atoms with E-state index in [1.54, 1.807) is 19.9 Å². The van der Waals surface area contributed by atoms with Crippen molar-refractivity contribution in [3.63, 3.8) is 0 Å². The van der Waals surface area contributed by atoms with Gasteiger partial charge >= 0.3 is 11.9 Å². The number of ether oxygens (including phenoxy) is 2. The van der Waals surface area contributed by atoms with Crippen molar-refractivity contribution in [1.82, 2.24) is 0 Å². The van der Waals surface area contributed by atoms with Gasteiger partial charge in [-0.05, 0) is 27.6 Å². The Kier molecular flexibility index (Phi) is 5.72. The third-order valence-electron chi connectivity index (χ3n) is 4.28. The van der Waals surface area contributed by atoms with Gasteiger partial charge in [-0.15, -0.1) is 0 Å². The SMILES string of the molecule is CC(C)C(=O)OCC(O)COC(=O)c1cc2ccccc2c2ccccc12. The second-order valence-corrected chi connectivity index (χ2v) is 6.73. The zero-order valence-electron chi connectivity index (χ0n) is 15.3. The van der Waals surface area contributed by atoms with Crippen LogP contribution >= 0.6 is 0 Å². The predicted octanol–water partition coefficient (Wildman–Crippen LogP) is 3.71. The highest BCUT2D eigenvalue weighted by molar-refractivity contribution is 6.15. The van der Waals surface area contributed by atoms with E-state index in [-0.39, 0.29) is 19.1 Å². The van der Waals surface area contributed by atoms with Gasteiger partial charge in [-0.2, -0.15) is 0 Å². The molecule has 0 spiro atoms. The normalized spacial score (nSPS) is 12.3. The van der Waals surface area contributed by atoms with Crippen molar-refractivity contribution in [2.24, 2.45) is 5.92 Å². The van der Waals surface area contributed by atoms with Crippen LogP contribution in [0.3, 0.4) is 0 Å². The highest BCUT2D eigenvalue weighted by Crippen LogP contribution is 2.29. The van der Waals surface area contributed by atoms with Crippen molar-refractivity contribution < 1.29 is 24.2 Å². The Balaban J connectivity index is 1.76. The molecule has 0 aliphatic carbocycles. The van der Waals surface area contributed by atoms with Crippen LogP contribution in [0.1, 0.15) is 24.2 Å². The van der Waals surface area contributed by atoms with E-state index in [9.17, 15) is 14.7 Å². The molecule has 0 saturated carbocycles. The van der Waals surface area contributed by atoms with Gasteiger partial charge in [-0.25, -0.2) is 4.79 Å². The first kappa shape index (κ1) is 18.9. The Labute approximate surface area is 157 Å². The molecule has 5 heteroatoms. The summed E-state index contributed by atoms with van der Waals surface area (Å²) in [6, 6.07) is 17.3. The second-order valence-electron chi connectivity index (χ2n) is 6.73. The number of carbonyl (C=O) groups excluding carboxylic acids is 2. The molecule has 27 heavy (non-hydrogen) atoms. The molecule has 0 saturated heterocycles. The van der Waals surface area contributed by atoms with Crippen LogP contribution in [0.4, 0.5) is 0 Å². The van der Waals surface area contributed by atoms with E-state index in [0.717, 1.165) is 21.5 Å². The second kappa shape index (κ2) is 8.18. The molecule has 0 fully saturated rings. The number of aliphatic hydroxyl groups excluding tert-OH is 1. The Morgan fingerprint density at radius 2 is 1.48 bits per heavy atom. The molecular weight excluding hydrogens is 344 g/mol. The van der Waals surface area contributed by atoms with Gasteiger partial charge in [0.1, 0.15) is 19.3 Å². The van der Waals surface area contributed by atoms with Crippen molar-refractivity contribution >= 4 is 33.5 Å². The van der Waals surface area contributed by atoms with Crippen LogP contribution in [0.5, 0.6) is 0 Å². The van der Waals surface area contributed by atoms with Gasteiger partial charge < -0.3 is 14.6 Å². The van der Waals surface area contributed by atoms with Crippen molar-refractivity contribution in [1.29, 1.82) is 0 Å². The maximum Gasteiger partial charge on any atom is 0.338 e. The zero-order chi connectivity index (χ0) is 19.4. The number of esters is 2. The summed E-state index contributed by atoms with van der Waals surface area (Å²) in [5.74, 6) is -1.20. The number of hydrogen-bond donors (Lipinski definition) is 1. The Morgan fingerprint density at radius 1 is 0.889 bits per heavy atom. The molecule has 0 aliphatic rings. The Morgan fingerprint density at radius 3 is 2.19 bits per heavy atom. The summed E-state index contributed by atoms with van der Waals surface area (Å²) < 4.78 is 10.2. The van der Waals surface area contributed by atoms with E-state index < -0.39 is 18.0 Å². The lowest BCUT2D eigenvalue weighted by molar-refractivity contribution is -0.151. The van der Waals surface area contributed by atoms with Crippen LogP contribution in [-0.2, 0) is 14.3 Å². The summed E-state index contributed by atoms with van der Waals surface area (Å²) in [6.07, 6.45) is -1.07. The molecule has 5 nitrogen and oxygen atoms in total. The first-order valence-corrected chi connectivity index (χ1v) is 8.89. The predicted molar refractivity (Wildman–Crippen MR) is 104 cm³/mol. The van der Waals surface area contributed by atoms with Gasteiger partial charge in [0.25, 0.3) is 0 Å². The van der Waals surface area contributed by atoms with Crippen LogP contribution in [-0.4, -0.2) is 36.4 Å². The molecule has 3 aromatic rings. The van der Waals surface area contributed by atoms with Crippen LogP contribution in [0.25, 0.3) is 21.5 Å². The molecule has 140 valence electrons. The fraction of sp³-hybridized carbons (Fsp3) is 0.273. The van der Waals surface area contributed by atoms with Gasteiger partial charge in [0.15, 0.2) is 0 Å². The minimum Gasteiger partial charge on any atom is -0.463 e. The van der Waals surface area contributed by atoms with Crippen molar-refractivity contribution in [3.05, 3.63) is 60.2 Å². The topological polar surface area (TPSA) is 72.8 Å². The molecule has 0 bridgehead atoms. The van der Waals surface area contributed by atoms with Crippen molar-refractivity contribution in [2.45, 2.75) is 20.0 Å². The van der Waals surface area contributed by atoms with E-state index >= 15 is 0 Å². The molecule has 0 heterocycles. The summed E-state index contributed by atoms with van der Waals surface area (Å²) in [6.45, 7) is 2.97. The van der Waals surface area contributed by atoms with Crippen molar-refractivity contribution in [2.75, 3.05) is 13.2 Å². The number of rotatable bonds is 6. The molecule has 0 aliphatic heterocycles. The van der Waals surface area contributed by atoms with Crippen LogP contribution in [0, 0.1) is 5.92 Å². The zero-order valence-corrected chi connectivity index (χ0v) is 15.3. The fourth-order valence-electron chi connectivity index (χ4n) is 2.87. The first-order chi connectivity index (χ1) is 13.0. The Bertz CT molecular complexity index is 977. The van der Waals surface area contributed by atoms with Gasteiger partial charge in [0.05, 0.1) is 11.5 Å². The molecule has 1 unspecified atom stereocenters. The maximum atomic E-state index is 12.6. The number of aliphatic hydroxyl groups is 1. The summed E-state index contributed by atoms with van der Waals surface area (Å²) in [7, 11) is 0. The molecule has 3 aromatic carbocycles. The van der Waals surface area contributed by atoms with Gasteiger partial charge in [0, 0.05) is 0 Å². The van der Waals surface area contributed by atoms with Crippen LogP contribution in [0.15, 0.2) is 54.6 Å². The minimum absolute atomic E-state index is 0.206. The van der Waals surface area contributed by atoms with Crippen LogP contribution in [0.2, 0.25) is 0 Å². The first-order valence-electron chi connectivity index (χ1n) is 8.89. The highest BCUT2D eigenvalue weighted by atomic mass is 16.6. The van der Waals surface area contributed by atoms with Gasteiger partial charge in [0.2, 0.25) is 0 Å². The van der Waals surface area contributed by atoms with Gasteiger partial charge in [-0.1, -0.05) is 62.4 Å². The number of hydrogen-bond acceptors (Lipinski definition) is 5. The minimum atomic E-state index is -1.07. The molecule has 0 amide bonds. The molecule has 0 aromatic heterocycles. The monoisotopic (exact) mass is 366 g/mol. The van der Waals surface area contributed by atoms with Crippen LogP contribution < -0.4 is 0 Å². The smallest absolute Gasteiger partial charge is 0.338 e.